The number of amides is 2. The first-order valence-corrected chi connectivity index (χ1v) is 10.0. The van der Waals surface area contributed by atoms with Gasteiger partial charge in [-0.15, -0.1) is 0 Å². The molecule has 26 heavy (non-hydrogen) atoms. The van der Waals surface area contributed by atoms with E-state index in [1.54, 1.807) is 0 Å². The maximum Gasteiger partial charge on any atom is 0.222 e. The zero-order valence-corrected chi connectivity index (χ0v) is 15.6. The van der Waals surface area contributed by atoms with Gasteiger partial charge in [0.05, 0.1) is 5.92 Å². The molecule has 1 aromatic carbocycles. The van der Waals surface area contributed by atoms with E-state index in [0.717, 1.165) is 30.6 Å². The van der Waals surface area contributed by atoms with E-state index in [9.17, 15) is 9.59 Å². The molecule has 5 nitrogen and oxygen atoms in total. The zero-order chi connectivity index (χ0) is 18.4. The van der Waals surface area contributed by atoms with Crippen LogP contribution in [0.1, 0.15) is 56.9 Å². The lowest BCUT2D eigenvalue weighted by Crippen LogP contribution is -2.41. The van der Waals surface area contributed by atoms with Gasteiger partial charge in [-0.05, 0) is 49.3 Å². The van der Waals surface area contributed by atoms with Gasteiger partial charge in [0, 0.05) is 31.7 Å². The van der Waals surface area contributed by atoms with Gasteiger partial charge in [0.2, 0.25) is 11.8 Å². The molecule has 2 amide bonds. The maximum absolute atomic E-state index is 12.1. The largest absolute Gasteiger partial charge is 0.371 e. The Labute approximate surface area is 156 Å². The van der Waals surface area contributed by atoms with Crippen molar-refractivity contribution in [3.05, 3.63) is 29.8 Å². The second kappa shape index (κ2) is 9.06. The summed E-state index contributed by atoms with van der Waals surface area (Å²) >= 11 is 0. The van der Waals surface area contributed by atoms with Crippen LogP contribution in [0.3, 0.4) is 0 Å². The van der Waals surface area contributed by atoms with E-state index in [4.69, 9.17) is 5.73 Å². The molecule has 3 rings (SSSR count). The highest BCUT2D eigenvalue weighted by Gasteiger charge is 2.24. The molecule has 2 aliphatic rings. The summed E-state index contributed by atoms with van der Waals surface area (Å²) in [4.78, 5) is 25.8. The number of nitrogens with one attached hydrogen (secondary N) is 1. The molecule has 1 heterocycles. The van der Waals surface area contributed by atoms with E-state index in [1.165, 1.54) is 32.1 Å². The van der Waals surface area contributed by atoms with Crippen LogP contribution < -0.4 is 16.0 Å². The number of anilines is 1. The quantitative estimate of drug-likeness (QED) is 0.822. The second-order valence-electron chi connectivity index (χ2n) is 7.84. The standard InChI is InChI=1S/C21H31N3O2/c22-21(26)18-7-4-12-24(15-18)19-10-8-17(9-11-19)14-23-20(25)13-16-5-2-1-3-6-16/h8-11,16,18H,1-7,12-15H2,(H2,22,26)(H,23,25)/t18-/m1/s1. The van der Waals surface area contributed by atoms with Crippen molar-refractivity contribution in [2.24, 2.45) is 17.6 Å². The third-order valence-electron chi connectivity index (χ3n) is 5.81. The van der Waals surface area contributed by atoms with Crippen molar-refractivity contribution in [1.82, 2.24) is 5.32 Å². The average molecular weight is 357 g/mol. The van der Waals surface area contributed by atoms with Crippen molar-refractivity contribution >= 4 is 17.5 Å². The Kier molecular flexibility index (Phi) is 6.53. The molecule has 0 spiro atoms. The van der Waals surface area contributed by atoms with Crippen molar-refractivity contribution in [2.75, 3.05) is 18.0 Å². The summed E-state index contributed by atoms with van der Waals surface area (Å²) in [6.07, 6.45) is 8.80. The van der Waals surface area contributed by atoms with E-state index in [1.807, 2.05) is 0 Å². The molecular weight excluding hydrogens is 326 g/mol. The predicted molar refractivity (Wildman–Crippen MR) is 104 cm³/mol. The Hall–Kier alpha value is -2.04. The van der Waals surface area contributed by atoms with Crippen LogP contribution in [0.15, 0.2) is 24.3 Å². The highest BCUT2D eigenvalue weighted by atomic mass is 16.2. The number of piperidine rings is 1. The fourth-order valence-corrected chi connectivity index (χ4v) is 4.19. The lowest BCUT2D eigenvalue weighted by molar-refractivity contribution is -0.123. The number of hydrogen-bond donors (Lipinski definition) is 2. The average Bonchev–Trinajstić information content (AvgIpc) is 2.68. The van der Waals surface area contributed by atoms with E-state index in [-0.39, 0.29) is 17.7 Å². The van der Waals surface area contributed by atoms with Crippen molar-refractivity contribution in [1.29, 1.82) is 0 Å². The Bertz CT molecular complexity index is 608. The van der Waals surface area contributed by atoms with Gasteiger partial charge in [0.15, 0.2) is 0 Å². The molecular formula is C21H31N3O2. The van der Waals surface area contributed by atoms with Crippen LogP contribution in [0.2, 0.25) is 0 Å². The third kappa shape index (κ3) is 5.23. The van der Waals surface area contributed by atoms with Gasteiger partial charge in [-0.25, -0.2) is 0 Å². The summed E-state index contributed by atoms with van der Waals surface area (Å²) in [5.41, 5.74) is 7.69. The van der Waals surface area contributed by atoms with E-state index < -0.39 is 0 Å². The minimum atomic E-state index is -0.202. The van der Waals surface area contributed by atoms with Gasteiger partial charge in [0.1, 0.15) is 0 Å². The lowest BCUT2D eigenvalue weighted by Gasteiger charge is -2.33. The van der Waals surface area contributed by atoms with Crippen LogP contribution in [0.4, 0.5) is 5.69 Å². The summed E-state index contributed by atoms with van der Waals surface area (Å²) in [7, 11) is 0. The van der Waals surface area contributed by atoms with Crippen LogP contribution in [-0.4, -0.2) is 24.9 Å². The first kappa shape index (κ1) is 18.7. The molecule has 1 aromatic rings. The molecule has 1 aliphatic heterocycles. The van der Waals surface area contributed by atoms with Gasteiger partial charge in [-0.1, -0.05) is 31.4 Å². The predicted octanol–water partition coefficient (Wildman–Crippen LogP) is 2.97. The van der Waals surface area contributed by atoms with Crippen LogP contribution in [0.25, 0.3) is 0 Å². The zero-order valence-electron chi connectivity index (χ0n) is 15.6. The number of benzene rings is 1. The van der Waals surface area contributed by atoms with Crippen molar-refractivity contribution < 1.29 is 9.59 Å². The number of hydrogen-bond acceptors (Lipinski definition) is 3. The molecule has 3 N–H and O–H groups in total. The van der Waals surface area contributed by atoms with E-state index >= 15 is 0 Å². The molecule has 0 unspecified atom stereocenters. The van der Waals surface area contributed by atoms with Crippen LogP contribution in [0.5, 0.6) is 0 Å². The molecule has 0 bridgehead atoms. The van der Waals surface area contributed by atoms with Gasteiger partial charge in [-0.3, -0.25) is 9.59 Å². The fourth-order valence-electron chi connectivity index (χ4n) is 4.19. The van der Waals surface area contributed by atoms with Crippen molar-refractivity contribution in [3.63, 3.8) is 0 Å². The van der Waals surface area contributed by atoms with Gasteiger partial charge < -0.3 is 16.0 Å². The number of nitrogens with two attached hydrogens (primary N) is 1. The number of carbonyl (C=O) groups is 2. The fraction of sp³-hybridized carbons (Fsp3) is 0.619. The monoisotopic (exact) mass is 357 g/mol. The molecule has 1 aliphatic carbocycles. The number of carbonyl (C=O) groups excluding carboxylic acids is 2. The van der Waals surface area contributed by atoms with Crippen LogP contribution >= 0.6 is 0 Å². The molecule has 5 heteroatoms. The normalized spacial score (nSPS) is 21.4. The molecule has 1 saturated carbocycles. The Morgan fingerprint density at radius 2 is 1.77 bits per heavy atom. The van der Waals surface area contributed by atoms with Gasteiger partial charge in [-0.2, -0.15) is 0 Å². The summed E-state index contributed by atoms with van der Waals surface area (Å²) < 4.78 is 0. The number of rotatable bonds is 6. The highest BCUT2D eigenvalue weighted by Crippen LogP contribution is 2.26. The van der Waals surface area contributed by atoms with E-state index in [2.05, 4.69) is 34.5 Å². The first-order chi connectivity index (χ1) is 12.6. The lowest BCUT2D eigenvalue weighted by atomic mass is 9.87. The molecule has 142 valence electrons. The summed E-state index contributed by atoms with van der Waals surface area (Å²) in [6.45, 7) is 2.24. The molecule has 1 saturated heterocycles. The third-order valence-corrected chi connectivity index (χ3v) is 5.81. The van der Waals surface area contributed by atoms with Crippen molar-refractivity contribution in [3.8, 4) is 0 Å². The highest BCUT2D eigenvalue weighted by molar-refractivity contribution is 5.77. The van der Waals surface area contributed by atoms with Crippen LogP contribution in [-0.2, 0) is 16.1 Å². The number of primary amides is 1. The smallest absolute Gasteiger partial charge is 0.222 e. The Morgan fingerprint density at radius 1 is 1.04 bits per heavy atom. The Balaban J connectivity index is 1.46. The van der Waals surface area contributed by atoms with Crippen LogP contribution in [0, 0.1) is 11.8 Å². The second-order valence-corrected chi connectivity index (χ2v) is 7.84. The molecule has 2 fully saturated rings. The summed E-state index contributed by atoms with van der Waals surface area (Å²) in [6, 6.07) is 8.27. The number of nitrogens with zero attached hydrogens (tertiary/aromatic N) is 1. The maximum atomic E-state index is 12.1. The molecule has 0 aromatic heterocycles. The summed E-state index contributed by atoms with van der Waals surface area (Å²) in [5, 5.41) is 3.05. The van der Waals surface area contributed by atoms with E-state index in [0.29, 0.717) is 25.4 Å². The minimum absolute atomic E-state index is 0.0532. The minimum Gasteiger partial charge on any atom is -0.371 e. The molecule has 0 radical (unpaired) electrons. The van der Waals surface area contributed by atoms with Gasteiger partial charge in [0.25, 0.3) is 0 Å². The topological polar surface area (TPSA) is 75.4 Å². The Morgan fingerprint density at radius 3 is 2.46 bits per heavy atom. The first-order valence-electron chi connectivity index (χ1n) is 10.0. The van der Waals surface area contributed by atoms with Crippen molar-refractivity contribution in [2.45, 2.75) is 57.9 Å². The summed E-state index contributed by atoms with van der Waals surface area (Å²) in [5.74, 6) is 0.485. The molecule has 1 atom stereocenters. The SMILES string of the molecule is NC(=O)[C@@H]1CCCN(c2ccc(CNC(=O)CC3CCCCC3)cc2)C1. The van der Waals surface area contributed by atoms with Gasteiger partial charge >= 0.3 is 0 Å².